The van der Waals surface area contributed by atoms with Gasteiger partial charge in [-0.05, 0) is 24.7 Å². The maximum Gasteiger partial charge on any atom is 0.317 e. The lowest BCUT2D eigenvalue weighted by Crippen LogP contribution is -2.46. The van der Waals surface area contributed by atoms with E-state index in [4.69, 9.17) is 0 Å². The van der Waals surface area contributed by atoms with Crippen molar-refractivity contribution >= 4 is 24.6 Å². The Bertz CT molecular complexity index is 379. The van der Waals surface area contributed by atoms with E-state index in [0.717, 1.165) is 51.4 Å². The summed E-state index contributed by atoms with van der Waals surface area (Å²) in [5.41, 5.74) is -1.29. The van der Waals surface area contributed by atoms with Gasteiger partial charge in [-0.25, -0.2) is 0 Å². The van der Waals surface area contributed by atoms with E-state index in [9.17, 15) is 19.8 Å². The molecule has 148 valence electrons. The summed E-state index contributed by atoms with van der Waals surface area (Å²) in [7, 11) is 0. The first kappa shape index (κ1) is 24.3. The molecule has 0 aromatic rings. The van der Waals surface area contributed by atoms with Gasteiger partial charge in [0, 0.05) is 0 Å². The molecule has 0 spiro atoms. The Morgan fingerprint density at radius 1 is 0.880 bits per heavy atom. The fourth-order valence-electron chi connectivity index (χ4n) is 3.75. The highest BCUT2D eigenvalue weighted by Crippen LogP contribution is 2.44. The van der Waals surface area contributed by atoms with Crippen LogP contribution in [0.5, 0.6) is 0 Å². The minimum atomic E-state index is -1.29. The van der Waals surface area contributed by atoms with Gasteiger partial charge >= 0.3 is 11.9 Å². The summed E-state index contributed by atoms with van der Waals surface area (Å²) in [5.74, 6) is -1.66. The van der Waals surface area contributed by atoms with Crippen LogP contribution in [0.25, 0.3) is 0 Å². The SMILES string of the molecule is CCCCC(CC)CC(CC(CC)CCCC)(C(=O)O)C(S)C(=O)O. The van der Waals surface area contributed by atoms with Crippen LogP contribution in [0.1, 0.15) is 91.9 Å². The number of rotatable bonds is 15. The number of hydrogen-bond acceptors (Lipinski definition) is 3. The Kier molecular flexibility index (Phi) is 12.3. The third kappa shape index (κ3) is 7.59. The lowest BCUT2D eigenvalue weighted by molar-refractivity contribution is -0.157. The molecule has 0 fully saturated rings. The molecule has 0 saturated heterocycles. The van der Waals surface area contributed by atoms with E-state index in [1.807, 2.05) is 0 Å². The molecule has 0 saturated carbocycles. The molecule has 0 aromatic carbocycles. The fourth-order valence-corrected chi connectivity index (χ4v) is 4.07. The predicted octanol–water partition coefficient (Wildman–Crippen LogP) is 5.65. The Balaban J connectivity index is 5.63. The van der Waals surface area contributed by atoms with Crippen LogP contribution in [0.3, 0.4) is 0 Å². The quantitative estimate of drug-likeness (QED) is 0.324. The van der Waals surface area contributed by atoms with Gasteiger partial charge in [0.15, 0.2) is 0 Å². The van der Waals surface area contributed by atoms with Gasteiger partial charge in [-0.3, -0.25) is 9.59 Å². The second-order valence-corrected chi connectivity index (χ2v) is 7.96. The molecular formula is C20H38O4S. The van der Waals surface area contributed by atoms with Crippen molar-refractivity contribution in [3.63, 3.8) is 0 Å². The summed E-state index contributed by atoms with van der Waals surface area (Å²) in [6.45, 7) is 8.37. The summed E-state index contributed by atoms with van der Waals surface area (Å²) in [5, 5.41) is 18.5. The van der Waals surface area contributed by atoms with E-state index in [2.05, 4.69) is 40.3 Å². The fraction of sp³-hybridized carbons (Fsp3) is 0.900. The first-order chi connectivity index (χ1) is 11.8. The normalized spacial score (nSPS) is 17.5. The Labute approximate surface area is 159 Å². The lowest BCUT2D eigenvalue weighted by atomic mass is 9.68. The van der Waals surface area contributed by atoms with Gasteiger partial charge in [-0.2, -0.15) is 12.6 Å². The molecule has 4 nitrogen and oxygen atoms in total. The number of aliphatic carboxylic acids is 2. The highest BCUT2D eigenvalue weighted by Gasteiger charge is 2.49. The van der Waals surface area contributed by atoms with Crippen molar-refractivity contribution in [2.75, 3.05) is 0 Å². The minimum Gasteiger partial charge on any atom is -0.481 e. The van der Waals surface area contributed by atoms with Crippen LogP contribution in [0, 0.1) is 17.3 Å². The molecular weight excluding hydrogens is 336 g/mol. The van der Waals surface area contributed by atoms with Gasteiger partial charge < -0.3 is 10.2 Å². The zero-order valence-corrected chi connectivity index (χ0v) is 17.4. The van der Waals surface area contributed by atoms with Crippen LogP contribution in [-0.2, 0) is 9.59 Å². The lowest BCUT2D eigenvalue weighted by Gasteiger charge is -2.38. The van der Waals surface area contributed by atoms with Crippen LogP contribution in [0.2, 0.25) is 0 Å². The van der Waals surface area contributed by atoms with Crippen LogP contribution >= 0.6 is 12.6 Å². The smallest absolute Gasteiger partial charge is 0.317 e. The molecule has 2 N–H and O–H groups in total. The molecule has 25 heavy (non-hydrogen) atoms. The van der Waals surface area contributed by atoms with E-state index in [0.29, 0.717) is 12.8 Å². The maximum absolute atomic E-state index is 12.3. The van der Waals surface area contributed by atoms with Crippen LogP contribution in [0.4, 0.5) is 0 Å². The second-order valence-electron chi connectivity index (χ2n) is 7.44. The maximum atomic E-state index is 12.3. The standard InChI is InChI=1S/C20H38O4S/c1-5-9-11-15(7-3)13-20(19(23)24,17(25)18(21)22)14-16(8-4)12-10-6-2/h15-17,25H,5-14H2,1-4H3,(H,21,22)(H,23,24). The van der Waals surface area contributed by atoms with E-state index in [-0.39, 0.29) is 11.8 Å². The van der Waals surface area contributed by atoms with Crippen molar-refractivity contribution in [2.45, 2.75) is 97.2 Å². The largest absolute Gasteiger partial charge is 0.481 e. The average Bonchev–Trinajstić information content (AvgIpc) is 2.59. The highest BCUT2D eigenvalue weighted by atomic mass is 32.1. The van der Waals surface area contributed by atoms with Crippen LogP contribution in [0.15, 0.2) is 0 Å². The van der Waals surface area contributed by atoms with Crippen molar-refractivity contribution < 1.29 is 19.8 Å². The van der Waals surface area contributed by atoms with E-state index >= 15 is 0 Å². The van der Waals surface area contributed by atoms with E-state index in [1.54, 1.807) is 0 Å². The zero-order chi connectivity index (χ0) is 19.5. The van der Waals surface area contributed by atoms with Crippen LogP contribution in [-0.4, -0.2) is 27.4 Å². The van der Waals surface area contributed by atoms with Crippen LogP contribution < -0.4 is 0 Å². The van der Waals surface area contributed by atoms with E-state index < -0.39 is 22.6 Å². The molecule has 0 aliphatic carbocycles. The predicted molar refractivity (Wildman–Crippen MR) is 106 cm³/mol. The summed E-state index contributed by atoms with van der Waals surface area (Å²) in [6.07, 6.45) is 8.69. The minimum absolute atomic E-state index is 0.230. The Hall–Kier alpha value is -0.710. The summed E-state index contributed by atoms with van der Waals surface area (Å²) in [4.78, 5) is 24.0. The Morgan fingerprint density at radius 2 is 1.28 bits per heavy atom. The highest BCUT2D eigenvalue weighted by molar-refractivity contribution is 7.81. The third-order valence-corrected chi connectivity index (χ3v) is 6.29. The molecule has 0 aliphatic rings. The van der Waals surface area contributed by atoms with Gasteiger partial charge in [0.05, 0.1) is 5.41 Å². The van der Waals surface area contributed by atoms with E-state index in [1.165, 1.54) is 0 Å². The van der Waals surface area contributed by atoms with Gasteiger partial charge in [0.1, 0.15) is 5.25 Å². The van der Waals surface area contributed by atoms with Gasteiger partial charge in [-0.1, -0.05) is 79.1 Å². The van der Waals surface area contributed by atoms with Crippen molar-refractivity contribution in [2.24, 2.45) is 17.3 Å². The molecule has 0 radical (unpaired) electrons. The number of unbranched alkanes of at least 4 members (excludes halogenated alkanes) is 2. The molecule has 3 atom stereocenters. The second kappa shape index (κ2) is 12.6. The third-order valence-electron chi connectivity index (χ3n) is 5.58. The molecule has 0 amide bonds. The number of carbonyl (C=O) groups is 2. The molecule has 0 aromatic heterocycles. The van der Waals surface area contributed by atoms with Crippen molar-refractivity contribution in [3.05, 3.63) is 0 Å². The van der Waals surface area contributed by atoms with Crippen molar-refractivity contribution in [1.82, 2.24) is 0 Å². The van der Waals surface area contributed by atoms with Crippen molar-refractivity contribution in [1.29, 1.82) is 0 Å². The number of thiol groups is 1. The van der Waals surface area contributed by atoms with Crippen molar-refractivity contribution in [3.8, 4) is 0 Å². The van der Waals surface area contributed by atoms with Gasteiger partial charge in [0.2, 0.25) is 0 Å². The molecule has 0 aliphatic heterocycles. The number of carboxylic acids is 2. The number of carboxylic acid groups (broad SMARTS) is 2. The molecule has 0 heterocycles. The molecule has 3 unspecified atom stereocenters. The summed E-state index contributed by atoms with van der Waals surface area (Å²) >= 11 is 4.27. The zero-order valence-electron chi connectivity index (χ0n) is 16.5. The monoisotopic (exact) mass is 374 g/mol. The topological polar surface area (TPSA) is 74.6 Å². The molecule has 5 heteroatoms. The van der Waals surface area contributed by atoms with Gasteiger partial charge in [0.25, 0.3) is 0 Å². The molecule has 0 rings (SSSR count). The number of hydrogen-bond donors (Lipinski definition) is 3. The summed E-state index contributed by atoms with van der Waals surface area (Å²) < 4.78 is 0. The van der Waals surface area contributed by atoms with Gasteiger partial charge in [-0.15, -0.1) is 0 Å². The first-order valence-electron chi connectivity index (χ1n) is 9.93. The molecule has 0 bridgehead atoms. The Morgan fingerprint density at radius 3 is 1.52 bits per heavy atom. The first-order valence-corrected chi connectivity index (χ1v) is 10.4. The summed E-state index contributed by atoms with van der Waals surface area (Å²) in [6, 6.07) is 0. The average molecular weight is 375 g/mol.